The molecule has 0 aliphatic carbocycles. The summed E-state index contributed by atoms with van der Waals surface area (Å²) >= 11 is 0. The van der Waals surface area contributed by atoms with E-state index in [-0.39, 0.29) is 16.9 Å². The van der Waals surface area contributed by atoms with Crippen LogP contribution < -0.4 is 15.7 Å². The maximum atomic E-state index is 12.3. The van der Waals surface area contributed by atoms with E-state index in [1.54, 1.807) is 18.2 Å². The number of non-ortho nitro benzene ring substituents is 1. The van der Waals surface area contributed by atoms with E-state index in [2.05, 4.69) is 5.32 Å². The van der Waals surface area contributed by atoms with Crippen molar-refractivity contribution in [1.29, 1.82) is 0 Å². The van der Waals surface area contributed by atoms with Crippen LogP contribution in [-0.4, -0.2) is 17.9 Å². The third-order valence-electron chi connectivity index (χ3n) is 3.51. The first-order chi connectivity index (χ1) is 12.0. The average molecular weight is 340 g/mol. The number of ether oxygens (including phenoxy) is 1. The van der Waals surface area contributed by atoms with Crippen molar-refractivity contribution in [2.45, 2.75) is 0 Å². The zero-order valence-electron chi connectivity index (χ0n) is 13.0. The zero-order valence-corrected chi connectivity index (χ0v) is 13.0. The van der Waals surface area contributed by atoms with Gasteiger partial charge in [-0.25, -0.2) is 4.79 Å². The molecule has 0 atom stereocenters. The van der Waals surface area contributed by atoms with Crippen molar-refractivity contribution in [3.63, 3.8) is 0 Å². The number of anilines is 1. The number of hydrogen-bond acceptors (Lipinski definition) is 6. The van der Waals surface area contributed by atoms with Gasteiger partial charge >= 0.3 is 5.63 Å². The molecule has 0 radical (unpaired) electrons. The summed E-state index contributed by atoms with van der Waals surface area (Å²) < 4.78 is 10.3. The van der Waals surface area contributed by atoms with Gasteiger partial charge in [0.05, 0.1) is 12.0 Å². The van der Waals surface area contributed by atoms with Crippen molar-refractivity contribution < 1.29 is 18.9 Å². The van der Waals surface area contributed by atoms with Crippen LogP contribution >= 0.6 is 0 Å². The van der Waals surface area contributed by atoms with Gasteiger partial charge in [-0.2, -0.15) is 0 Å². The standard InChI is InChI=1S/C17H12N2O6/c1-24-13-5-6-15-11(8-13)9-14(17(21)25-15)18-16(20)10-3-2-4-12(7-10)19(22)23/h2-9H,1H3,(H,18,20). The molecule has 0 saturated heterocycles. The number of nitrogens with one attached hydrogen (secondary N) is 1. The first-order valence-electron chi connectivity index (χ1n) is 7.15. The maximum absolute atomic E-state index is 12.3. The fourth-order valence-electron chi connectivity index (χ4n) is 2.27. The number of nitro benzene ring substituents is 1. The SMILES string of the molecule is COc1ccc2oc(=O)c(NC(=O)c3cccc([N+](=O)[O-])c3)cc2c1. The van der Waals surface area contributed by atoms with Crippen molar-refractivity contribution in [2.24, 2.45) is 0 Å². The molecule has 1 aromatic heterocycles. The van der Waals surface area contributed by atoms with Crippen LogP contribution in [0.5, 0.6) is 5.75 Å². The van der Waals surface area contributed by atoms with E-state index in [1.807, 2.05) is 0 Å². The quantitative estimate of drug-likeness (QED) is 0.444. The molecule has 0 aliphatic heterocycles. The van der Waals surface area contributed by atoms with Gasteiger partial charge in [0, 0.05) is 23.1 Å². The molecule has 25 heavy (non-hydrogen) atoms. The van der Waals surface area contributed by atoms with E-state index < -0.39 is 16.5 Å². The van der Waals surface area contributed by atoms with Crippen LogP contribution in [-0.2, 0) is 0 Å². The minimum atomic E-state index is -0.726. The smallest absolute Gasteiger partial charge is 0.360 e. The Morgan fingerprint density at radius 3 is 2.72 bits per heavy atom. The van der Waals surface area contributed by atoms with Gasteiger partial charge in [0.2, 0.25) is 0 Å². The average Bonchev–Trinajstić information content (AvgIpc) is 2.62. The van der Waals surface area contributed by atoms with Crippen LogP contribution in [0, 0.1) is 10.1 Å². The summed E-state index contributed by atoms with van der Waals surface area (Å²) in [5.74, 6) is -0.0874. The summed E-state index contributed by atoms with van der Waals surface area (Å²) in [6.45, 7) is 0. The minimum Gasteiger partial charge on any atom is -0.497 e. The van der Waals surface area contributed by atoms with Crippen molar-refractivity contribution in [3.8, 4) is 5.75 Å². The van der Waals surface area contributed by atoms with E-state index in [9.17, 15) is 19.7 Å². The molecule has 3 aromatic rings. The van der Waals surface area contributed by atoms with E-state index in [4.69, 9.17) is 9.15 Å². The predicted molar refractivity (Wildman–Crippen MR) is 90.1 cm³/mol. The maximum Gasteiger partial charge on any atom is 0.360 e. The van der Waals surface area contributed by atoms with Gasteiger partial charge in [-0.3, -0.25) is 14.9 Å². The number of carbonyl (C=O) groups excluding carboxylic acids is 1. The Morgan fingerprint density at radius 2 is 2.00 bits per heavy atom. The molecular weight excluding hydrogens is 328 g/mol. The number of methoxy groups -OCH3 is 1. The molecule has 3 rings (SSSR count). The molecule has 1 N–H and O–H groups in total. The number of benzene rings is 2. The summed E-state index contributed by atoms with van der Waals surface area (Å²) in [4.78, 5) is 34.5. The number of hydrogen-bond donors (Lipinski definition) is 1. The Bertz CT molecular complexity index is 1040. The van der Waals surface area contributed by atoms with E-state index in [1.165, 1.54) is 31.4 Å². The minimum absolute atomic E-state index is 0.0549. The lowest BCUT2D eigenvalue weighted by Gasteiger charge is -2.06. The largest absolute Gasteiger partial charge is 0.497 e. The lowest BCUT2D eigenvalue weighted by atomic mass is 10.2. The second-order valence-corrected chi connectivity index (χ2v) is 5.11. The summed E-state index contributed by atoms with van der Waals surface area (Å²) in [6, 6.07) is 11.5. The summed E-state index contributed by atoms with van der Waals surface area (Å²) in [6.07, 6.45) is 0. The molecule has 0 unspecified atom stereocenters. The Labute approximate surface area is 140 Å². The van der Waals surface area contributed by atoms with Crippen molar-refractivity contribution in [1.82, 2.24) is 0 Å². The van der Waals surface area contributed by atoms with Gasteiger partial charge in [-0.15, -0.1) is 0 Å². The Morgan fingerprint density at radius 1 is 1.20 bits per heavy atom. The Hall–Kier alpha value is -3.68. The monoisotopic (exact) mass is 340 g/mol. The number of fused-ring (bicyclic) bond motifs is 1. The fourth-order valence-corrected chi connectivity index (χ4v) is 2.27. The van der Waals surface area contributed by atoms with E-state index in [0.717, 1.165) is 6.07 Å². The third-order valence-corrected chi connectivity index (χ3v) is 3.51. The van der Waals surface area contributed by atoms with Crippen LogP contribution in [0.1, 0.15) is 10.4 Å². The molecule has 0 saturated carbocycles. The second kappa shape index (κ2) is 6.44. The van der Waals surface area contributed by atoms with E-state index in [0.29, 0.717) is 16.7 Å². The predicted octanol–water partition coefficient (Wildman–Crippen LogP) is 2.96. The molecule has 0 bridgehead atoms. The number of amides is 1. The van der Waals surface area contributed by atoms with E-state index >= 15 is 0 Å². The van der Waals surface area contributed by atoms with Gasteiger partial charge in [0.1, 0.15) is 17.0 Å². The first kappa shape index (κ1) is 16.2. The molecule has 0 aliphatic rings. The van der Waals surface area contributed by atoms with Gasteiger partial charge < -0.3 is 14.5 Å². The molecule has 1 heterocycles. The first-order valence-corrected chi connectivity index (χ1v) is 7.15. The van der Waals surface area contributed by atoms with Crippen LogP contribution in [0.15, 0.2) is 57.7 Å². The Balaban J connectivity index is 1.95. The molecule has 8 heteroatoms. The lowest BCUT2D eigenvalue weighted by molar-refractivity contribution is -0.384. The van der Waals surface area contributed by atoms with Crippen molar-refractivity contribution in [2.75, 3.05) is 12.4 Å². The number of nitro groups is 1. The van der Waals surface area contributed by atoms with Crippen LogP contribution in [0.3, 0.4) is 0 Å². The summed E-state index contributed by atoms with van der Waals surface area (Å²) in [5.41, 5.74) is -0.616. The molecule has 8 nitrogen and oxygen atoms in total. The third kappa shape index (κ3) is 3.32. The van der Waals surface area contributed by atoms with Gasteiger partial charge in [-0.05, 0) is 30.3 Å². The highest BCUT2D eigenvalue weighted by atomic mass is 16.6. The van der Waals surface area contributed by atoms with Crippen LogP contribution in [0.4, 0.5) is 11.4 Å². The van der Waals surface area contributed by atoms with Gasteiger partial charge in [0.15, 0.2) is 0 Å². The van der Waals surface area contributed by atoms with Crippen LogP contribution in [0.25, 0.3) is 11.0 Å². The summed E-state index contributed by atoms with van der Waals surface area (Å²) in [5, 5.41) is 13.8. The molecule has 2 aromatic carbocycles. The fraction of sp³-hybridized carbons (Fsp3) is 0.0588. The number of rotatable bonds is 4. The molecule has 126 valence electrons. The zero-order chi connectivity index (χ0) is 18.0. The normalized spacial score (nSPS) is 10.4. The second-order valence-electron chi connectivity index (χ2n) is 5.11. The number of carbonyl (C=O) groups is 1. The highest BCUT2D eigenvalue weighted by Gasteiger charge is 2.14. The lowest BCUT2D eigenvalue weighted by Crippen LogP contribution is -2.17. The summed E-state index contributed by atoms with van der Waals surface area (Å²) in [7, 11) is 1.51. The topological polar surface area (TPSA) is 112 Å². The highest BCUT2D eigenvalue weighted by molar-refractivity contribution is 6.05. The van der Waals surface area contributed by atoms with Crippen molar-refractivity contribution >= 4 is 28.3 Å². The highest BCUT2D eigenvalue weighted by Crippen LogP contribution is 2.22. The molecular formula is C17H12N2O6. The molecule has 1 amide bonds. The molecule has 0 fully saturated rings. The van der Waals surface area contributed by atoms with Crippen LogP contribution in [0.2, 0.25) is 0 Å². The Kier molecular flexibility index (Phi) is 4.17. The van der Waals surface area contributed by atoms with Gasteiger partial charge in [0.25, 0.3) is 11.6 Å². The van der Waals surface area contributed by atoms with Crippen molar-refractivity contribution in [3.05, 3.63) is 74.6 Å². The number of nitrogens with zero attached hydrogens (tertiary/aromatic N) is 1. The van der Waals surface area contributed by atoms with Gasteiger partial charge in [-0.1, -0.05) is 6.07 Å². The molecule has 0 spiro atoms.